The molecule has 0 bridgehead atoms. The Labute approximate surface area is 145 Å². The lowest BCUT2D eigenvalue weighted by molar-refractivity contribution is -0.144. The van der Waals surface area contributed by atoms with Crippen LogP contribution in [0.3, 0.4) is 0 Å². The Hall–Kier alpha value is -2.45. The van der Waals surface area contributed by atoms with E-state index >= 15 is 0 Å². The number of esters is 1. The van der Waals surface area contributed by atoms with Crippen molar-refractivity contribution in [3.05, 3.63) is 45.9 Å². The number of ether oxygens (including phenoxy) is 1. The number of hydrogen-bond donors (Lipinski definition) is 1. The summed E-state index contributed by atoms with van der Waals surface area (Å²) in [6.07, 6.45) is 0. The fraction of sp³-hybridized carbons (Fsp3) is 0.200. The van der Waals surface area contributed by atoms with Gasteiger partial charge in [0.05, 0.1) is 5.02 Å². The zero-order chi connectivity index (χ0) is 17.1. The number of thiophene rings is 1. The first-order valence-electron chi connectivity index (χ1n) is 6.94. The van der Waals surface area contributed by atoms with Crippen molar-refractivity contribution in [3.63, 3.8) is 0 Å². The molecule has 0 spiro atoms. The molecule has 7 nitrogen and oxygen atoms in total. The van der Waals surface area contributed by atoms with Crippen LogP contribution in [-0.4, -0.2) is 28.6 Å². The number of fused-ring (bicyclic) bond motifs is 1. The third-order valence-corrected chi connectivity index (χ3v) is 4.73. The van der Waals surface area contributed by atoms with Crippen molar-refractivity contribution in [2.24, 2.45) is 0 Å². The molecule has 1 amide bonds. The van der Waals surface area contributed by atoms with E-state index in [1.807, 2.05) is 24.3 Å². The zero-order valence-corrected chi connectivity index (χ0v) is 14.1. The van der Waals surface area contributed by atoms with Gasteiger partial charge in [0.1, 0.15) is 11.4 Å². The highest BCUT2D eigenvalue weighted by Gasteiger charge is 2.18. The number of amides is 1. The molecule has 2 heterocycles. The van der Waals surface area contributed by atoms with Gasteiger partial charge >= 0.3 is 5.97 Å². The molecular formula is C15H12ClN3O4S. The van der Waals surface area contributed by atoms with Crippen LogP contribution >= 0.6 is 22.9 Å². The highest BCUT2D eigenvalue weighted by Crippen LogP contribution is 2.34. The van der Waals surface area contributed by atoms with E-state index in [4.69, 9.17) is 20.9 Å². The normalized spacial score (nSPS) is 10.8. The Morgan fingerprint density at radius 2 is 2.17 bits per heavy atom. The molecule has 0 atom stereocenters. The molecule has 0 aliphatic rings. The van der Waals surface area contributed by atoms with E-state index in [1.165, 1.54) is 11.3 Å². The third-order valence-electron chi connectivity index (χ3n) is 3.06. The maximum absolute atomic E-state index is 12.2. The summed E-state index contributed by atoms with van der Waals surface area (Å²) in [6.45, 7) is 1.24. The summed E-state index contributed by atoms with van der Waals surface area (Å²) in [7, 11) is 0. The van der Waals surface area contributed by atoms with Gasteiger partial charge in [-0.1, -0.05) is 35.0 Å². The lowest BCUT2D eigenvalue weighted by Crippen LogP contribution is -2.30. The predicted molar refractivity (Wildman–Crippen MR) is 88.0 cm³/mol. The average molecular weight is 366 g/mol. The van der Waals surface area contributed by atoms with Crippen molar-refractivity contribution >= 4 is 44.9 Å². The summed E-state index contributed by atoms with van der Waals surface area (Å²) >= 11 is 7.48. The highest BCUT2D eigenvalue weighted by molar-refractivity contribution is 7.21. The van der Waals surface area contributed by atoms with E-state index in [0.717, 1.165) is 10.1 Å². The maximum atomic E-state index is 12.2. The van der Waals surface area contributed by atoms with E-state index in [-0.39, 0.29) is 19.0 Å². The number of aromatic nitrogens is 2. The van der Waals surface area contributed by atoms with Gasteiger partial charge in [0, 0.05) is 10.1 Å². The van der Waals surface area contributed by atoms with Gasteiger partial charge in [-0.3, -0.25) is 9.59 Å². The van der Waals surface area contributed by atoms with Crippen LogP contribution in [0.2, 0.25) is 5.02 Å². The molecule has 0 fully saturated rings. The average Bonchev–Trinajstić information content (AvgIpc) is 3.15. The van der Waals surface area contributed by atoms with Crippen molar-refractivity contribution in [2.45, 2.75) is 13.5 Å². The highest BCUT2D eigenvalue weighted by atomic mass is 35.5. The van der Waals surface area contributed by atoms with Crippen molar-refractivity contribution < 1.29 is 18.8 Å². The maximum Gasteiger partial charge on any atom is 0.325 e. The smallest absolute Gasteiger partial charge is 0.325 e. The number of carbonyl (C=O) groups is 2. The van der Waals surface area contributed by atoms with Crippen LogP contribution in [0, 0.1) is 6.92 Å². The van der Waals surface area contributed by atoms with Crippen LogP contribution in [0.25, 0.3) is 10.1 Å². The predicted octanol–water partition coefficient (Wildman–Crippen LogP) is 2.72. The quantitative estimate of drug-likeness (QED) is 0.698. The topological polar surface area (TPSA) is 94.3 Å². The number of benzene rings is 1. The molecule has 3 aromatic rings. The standard InChI is InChI=1S/C15H12ClN3O4S/c1-8-18-11(23-19-8)7-22-12(20)6-17-15(21)14-13(16)9-4-2-3-5-10(9)24-14/h2-5H,6-7H2,1H3,(H,17,21). The minimum Gasteiger partial charge on any atom is -0.454 e. The number of rotatable bonds is 5. The molecule has 0 aliphatic heterocycles. The minimum atomic E-state index is -0.614. The van der Waals surface area contributed by atoms with Gasteiger partial charge in [0.25, 0.3) is 11.8 Å². The first kappa shape index (κ1) is 16.4. The molecule has 124 valence electrons. The van der Waals surface area contributed by atoms with Gasteiger partial charge in [-0.25, -0.2) is 0 Å². The van der Waals surface area contributed by atoms with E-state index in [0.29, 0.717) is 15.7 Å². The first-order valence-corrected chi connectivity index (χ1v) is 8.14. The molecule has 2 aromatic heterocycles. The molecule has 0 saturated heterocycles. The largest absolute Gasteiger partial charge is 0.454 e. The third kappa shape index (κ3) is 3.55. The molecule has 1 aromatic carbocycles. The summed E-state index contributed by atoms with van der Waals surface area (Å²) in [5.74, 6) is -0.392. The number of nitrogens with zero attached hydrogens (tertiary/aromatic N) is 2. The first-order chi connectivity index (χ1) is 11.5. The Balaban J connectivity index is 1.56. The molecule has 24 heavy (non-hydrogen) atoms. The minimum absolute atomic E-state index is 0.140. The molecule has 3 rings (SSSR count). The number of halogens is 1. The zero-order valence-electron chi connectivity index (χ0n) is 12.5. The Morgan fingerprint density at radius 1 is 1.38 bits per heavy atom. The monoisotopic (exact) mass is 365 g/mol. The Kier molecular flexibility index (Phi) is 4.77. The van der Waals surface area contributed by atoms with Crippen LogP contribution < -0.4 is 5.32 Å². The lowest BCUT2D eigenvalue weighted by Gasteiger charge is -2.04. The van der Waals surface area contributed by atoms with Gasteiger partial charge < -0.3 is 14.6 Å². The molecule has 0 saturated carbocycles. The van der Waals surface area contributed by atoms with E-state index in [2.05, 4.69) is 15.5 Å². The number of hydrogen-bond acceptors (Lipinski definition) is 7. The summed E-state index contributed by atoms with van der Waals surface area (Å²) in [4.78, 5) is 28.1. The second-order valence-electron chi connectivity index (χ2n) is 4.82. The molecule has 0 aliphatic carbocycles. The van der Waals surface area contributed by atoms with Gasteiger partial charge in [-0.05, 0) is 13.0 Å². The lowest BCUT2D eigenvalue weighted by atomic mass is 10.2. The van der Waals surface area contributed by atoms with Gasteiger partial charge in [-0.15, -0.1) is 11.3 Å². The summed E-state index contributed by atoms with van der Waals surface area (Å²) in [5.41, 5.74) is 0. The van der Waals surface area contributed by atoms with Crippen molar-refractivity contribution in [2.75, 3.05) is 6.54 Å². The molecule has 0 unspecified atom stereocenters. The van der Waals surface area contributed by atoms with Crippen LogP contribution in [-0.2, 0) is 16.1 Å². The van der Waals surface area contributed by atoms with Crippen molar-refractivity contribution in [1.29, 1.82) is 0 Å². The fourth-order valence-electron chi connectivity index (χ4n) is 1.98. The van der Waals surface area contributed by atoms with E-state index < -0.39 is 11.9 Å². The second-order valence-corrected chi connectivity index (χ2v) is 6.25. The Bertz CT molecular complexity index is 905. The fourth-order valence-corrected chi connectivity index (χ4v) is 3.42. The summed E-state index contributed by atoms with van der Waals surface area (Å²) in [5, 5.41) is 7.25. The SMILES string of the molecule is Cc1noc(COC(=O)CNC(=O)c2sc3ccccc3c2Cl)n1. The van der Waals surface area contributed by atoms with E-state index in [1.54, 1.807) is 6.92 Å². The Morgan fingerprint density at radius 3 is 2.88 bits per heavy atom. The van der Waals surface area contributed by atoms with Crippen LogP contribution in [0.1, 0.15) is 21.4 Å². The van der Waals surface area contributed by atoms with E-state index in [9.17, 15) is 9.59 Å². The van der Waals surface area contributed by atoms with Crippen molar-refractivity contribution in [3.8, 4) is 0 Å². The number of carbonyl (C=O) groups excluding carboxylic acids is 2. The molecule has 9 heteroatoms. The summed E-state index contributed by atoms with van der Waals surface area (Å²) in [6, 6.07) is 7.43. The molecule has 0 radical (unpaired) electrons. The number of aryl methyl sites for hydroxylation is 1. The van der Waals surface area contributed by atoms with Crippen LogP contribution in [0.5, 0.6) is 0 Å². The molecule has 1 N–H and O–H groups in total. The van der Waals surface area contributed by atoms with Crippen molar-refractivity contribution in [1.82, 2.24) is 15.5 Å². The molecular weight excluding hydrogens is 354 g/mol. The summed E-state index contributed by atoms with van der Waals surface area (Å²) < 4.78 is 10.7. The van der Waals surface area contributed by atoms with Gasteiger partial charge in [0.2, 0.25) is 0 Å². The number of nitrogens with one attached hydrogen (secondary N) is 1. The van der Waals surface area contributed by atoms with Crippen LogP contribution in [0.15, 0.2) is 28.8 Å². The second kappa shape index (κ2) is 6.98. The van der Waals surface area contributed by atoms with Gasteiger partial charge in [-0.2, -0.15) is 4.98 Å². The van der Waals surface area contributed by atoms with Crippen LogP contribution in [0.4, 0.5) is 0 Å². The van der Waals surface area contributed by atoms with Gasteiger partial charge in [0.15, 0.2) is 12.4 Å².